The minimum atomic E-state index is -0.174. The Hall–Kier alpha value is -1.95. The molecule has 5 nitrogen and oxygen atoms in total. The summed E-state index contributed by atoms with van der Waals surface area (Å²) in [5.41, 5.74) is 3.03. The number of nitrogens with one attached hydrogen (secondary N) is 1. The summed E-state index contributed by atoms with van der Waals surface area (Å²) in [4.78, 5) is 19.9. The molecule has 2 rings (SSSR count). The van der Waals surface area contributed by atoms with Crippen molar-refractivity contribution in [3.63, 3.8) is 0 Å². The van der Waals surface area contributed by atoms with Gasteiger partial charge in [0.2, 0.25) is 5.88 Å². The second-order valence-corrected chi connectivity index (χ2v) is 5.11. The predicted octanol–water partition coefficient (Wildman–Crippen LogP) is 2.65. The van der Waals surface area contributed by atoms with Gasteiger partial charge in [0.05, 0.1) is 11.6 Å². The van der Waals surface area contributed by atoms with Crippen molar-refractivity contribution < 1.29 is 9.53 Å². The minimum absolute atomic E-state index is 0.127. The number of aromatic nitrogens is 2. The molecule has 1 amide bonds. The van der Waals surface area contributed by atoms with Crippen molar-refractivity contribution >= 4 is 17.2 Å². The minimum Gasteiger partial charge on any atom is -0.475 e. The van der Waals surface area contributed by atoms with Gasteiger partial charge in [-0.05, 0) is 25.0 Å². The van der Waals surface area contributed by atoms with Crippen molar-refractivity contribution in [2.24, 2.45) is 0 Å². The monoisotopic (exact) mass is 291 g/mol. The van der Waals surface area contributed by atoms with E-state index in [2.05, 4.69) is 22.2 Å². The lowest BCUT2D eigenvalue weighted by molar-refractivity contribution is 0.0946. The van der Waals surface area contributed by atoms with Crippen LogP contribution in [0.4, 0.5) is 0 Å². The summed E-state index contributed by atoms with van der Waals surface area (Å²) in [5.74, 6) is 0.409. The van der Waals surface area contributed by atoms with Crippen molar-refractivity contribution in [1.29, 1.82) is 0 Å². The van der Waals surface area contributed by atoms with E-state index in [1.165, 1.54) is 11.3 Å². The van der Waals surface area contributed by atoms with Crippen molar-refractivity contribution in [2.45, 2.75) is 32.9 Å². The fraction of sp³-hybridized carbons (Fsp3) is 0.357. The molecule has 2 aromatic rings. The molecule has 0 radical (unpaired) electrons. The summed E-state index contributed by atoms with van der Waals surface area (Å²) in [6.07, 6.45) is 2.73. The van der Waals surface area contributed by atoms with E-state index < -0.39 is 0 Å². The fourth-order valence-corrected chi connectivity index (χ4v) is 2.04. The Morgan fingerprint density at radius 2 is 2.35 bits per heavy atom. The molecule has 2 aromatic heterocycles. The Bertz CT molecular complexity index is 557. The van der Waals surface area contributed by atoms with Gasteiger partial charge in [0.15, 0.2) is 0 Å². The van der Waals surface area contributed by atoms with Gasteiger partial charge in [0.25, 0.3) is 5.91 Å². The lowest BCUT2D eigenvalue weighted by Gasteiger charge is -2.12. The van der Waals surface area contributed by atoms with Crippen molar-refractivity contribution in [2.75, 3.05) is 0 Å². The molecule has 0 fully saturated rings. The topological polar surface area (TPSA) is 64.1 Å². The Morgan fingerprint density at radius 3 is 3.05 bits per heavy atom. The summed E-state index contributed by atoms with van der Waals surface area (Å²) in [6, 6.07) is 3.69. The van der Waals surface area contributed by atoms with E-state index in [0.717, 1.165) is 12.0 Å². The lowest BCUT2D eigenvalue weighted by Crippen LogP contribution is -2.23. The van der Waals surface area contributed by atoms with Crippen LogP contribution in [0.3, 0.4) is 0 Å². The average molecular weight is 291 g/mol. The van der Waals surface area contributed by atoms with Gasteiger partial charge in [0.1, 0.15) is 5.69 Å². The van der Waals surface area contributed by atoms with E-state index in [1.54, 1.807) is 17.1 Å². The van der Waals surface area contributed by atoms with E-state index in [0.29, 0.717) is 18.1 Å². The molecule has 1 N–H and O–H groups in total. The third-order valence-corrected chi connectivity index (χ3v) is 3.40. The van der Waals surface area contributed by atoms with Gasteiger partial charge >= 0.3 is 0 Å². The van der Waals surface area contributed by atoms with Crippen LogP contribution in [0.5, 0.6) is 5.88 Å². The van der Waals surface area contributed by atoms with Gasteiger partial charge in [-0.1, -0.05) is 6.92 Å². The molecule has 6 heteroatoms. The molecule has 0 spiro atoms. The molecule has 20 heavy (non-hydrogen) atoms. The molecule has 0 saturated heterocycles. The highest BCUT2D eigenvalue weighted by Crippen LogP contribution is 2.12. The molecule has 1 atom stereocenters. The maximum Gasteiger partial charge on any atom is 0.271 e. The first-order chi connectivity index (χ1) is 9.69. The Kier molecular flexibility index (Phi) is 5.06. The maximum absolute atomic E-state index is 11.8. The molecule has 0 aliphatic rings. The quantitative estimate of drug-likeness (QED) is 0.888. The first kappa shape index (κ1) is 14.5. The molecule has 2 heterocycles. The summed E-state index contributed by atoms with van der Waals surface area (Å²) in [5, 5.41) is 4.54. The van der Waals surface area contributed by atoms with Gasteiger partial charge in [0, 0.05) is 24.2 Å². The Morgan fingerprint density at radius 1 is 1.50 bits per heavy atom. The highest BCUT2D eigenvalue weighted by molar-refractivity contribution is 7.07. The van der Waals surface area contributed by atoms with Crippen LogP contribution in [-0.2, 0) is 6.54 Å². The number of hydrogen-bond donors (Lipinski definition) is 1. The van der Waals surface area contributed by atoms with Crippen LogP contribution in [0.1, 0.15) is 36.3 Å². The highest BCUT2D eigenvalue weighted by atomic mass is 32.1. The van der Waals surface area contributed by atoms with Crippen molar-refractivity contribution in [3.05, 3.63) is 40.5 Å². The smallest absolute Gasteiger partial charge is 0.271 e. The zero-order valence-corrected chi connectivity index (χ0v) is 12.3. The standard InChI is InChI=1S/C14H17N3O2S/c1-3-10(2)19-13-6-11(4-5-15-13)7-16-14(18)12-8-20-9-17-12/h4-6,8-10H,3,7H2,1-2H3,(H,16,18)/t10-/m0/s1. The van der Waals surface area contributed by atoms with Crippen molar-refractivity contribution in [3.8, 4) is 5.88 Å². The number of ether oxygens (including phenoxy) is 1. The van der Waals surface area contributed by atoms with Crippen LogP contribution in [-0.4, -0.2) is 22.0 Å². The number of carbonyl (C=O) groups is 1. The number of nitrogens with zero attached hydrogens (tertiary/aromatic N) is 2. The van der Waals surface area contributed by atoms with Gasteiger partial charge in [-0.3, -0.25) is 4.79 Å². The number of thiazole rings is 1. The van der Waals surface area contributed by atoms with Crippen LogP contribution in [0.15, 0.2) is 29.2 Å². The first-order valence-electron chi connectivity index (χ1n) is 6.47. The first-order valence-corrected chi connectivity index (χ1v) is 7.41. The second-order valence-electron chi connectivity index (χ2n) is 4.40. The van der Waals surface area contributed by atoms with E-state index in [-0.39, 0.29) is 12.0 Å². The molecular formula is C14H17N3O2S. The normalized spacial score (nSPS) is 11.9. The number of hydrogen-bond acceptors (Lipinski definition) is 5. The summed E-state index contributed by atoms with van der Waals surface area (Å²) in [6.45, 7) is 4.48. The molecule has 0 bridgehead atoms. The van der Waals surface area contributed by atoms with E-state index in [9.17, 15) is 4.79 Å². The van der Waals surface area contributed by atoms with Gasteiger partial charge in [-0.2, -0.15) is 0 Å². The predicted molar refractivity (Wildman–Crippen MR) is 77.9 cm³/mol. The number of pyridine rings is 1. The maximum atomic E-state index is 11.8. The van der Waals surface area contributed by atoms with Crippen molar-refractivity contribution in [1.82, 2.24) is 15.3 Å². The van der Waals surface area contributed by atoms with Crippen LogP contribution in [0.25, 0.3) is 0 Å². The highest BCUT2D eigenvalue weighted by Gasteiger charge is 2.08. The van der Waals surface area contributed by atoms with Crippen LogP contribution >= 0.6 is 11.3 Å². The molecule has 0 aliphatic heterocycles. The summed E-state index contributed by atoms with van der Waals surface area (Å²) in [7, 11) is 0. The Balaban J connectivity index is 1.93. The zero-order chi connectivity index (χ0) is 14.4. The van der Waals surface area contributed by atoms with E-state index in [1.807, 2.05) is 19.1 Å². The number of amides is 1. The second kappa shape index (κ2) is 7.00. The molecule has 0 aliphatic carbocycles. The van der Waals surface area contributed by atoms with Crippen LogP contribution in [0, 0.1) is 0 Å². The zero-order valence-electron chi connectivity index (χ0n) is 11.5. The molecule has 0 aromatic carbocycles. The SMILES string of the molecule is CC[C@H](C)Oc1cc(CNC(=O)c2cscn2)ccn1. The van der Waals surface area contributed by atoms with Gasteiger partial charge in [-0.15, -0.1) is 11.3 Å². The average Bonchev–Trinajstić information content (AvgIpc) is 2.99. The third-order valence-electron chi connectivity index (χ3n) is 2.81. The van der Waals surface area contributed by atoms with E-state index in [4.69, 9.17) is 4.74 Å². The molecule has 0 saturated carbocycles. The largest absolute Gasteiger partial charge is 0.475 e. The van der Waals surface area contributed by atoms with E-state index >= 15 is 0 Å². The van der Waals surface area contributed by atoms with Gasteiger partial charge in [-0.25, -0.2) is 9.97 Å². The molecular weight excluding hydrogens is 274 g/mol. The number of rotatable bonds is 6. The summed E-state index contributed by atoms with van der Waals surface area (Å²) >= 11 is 1.40. The molecule has 106 valence electrons. The summed E-state index contributed by atoms with van der Waals surface area (Å²) < 4.78 is 5.65. The Labute approximate surface area is 122 Å². The van der Waals surface area contributed by atoms with Crippen LogP contribution in [0.2, 0.25) is 0 Å². The number of carbonyl (C=O) groups excluding carboxylic acids is 1. The van der Waals surface area contributed by atoms with Crippen LogP contribution < -0.4 is 10.1 Å². The fourth-order valence-electron chi connectivity index (χ4n) is 1.51. The van der Waals surface area contributed by atoms with Gasteiger partial charge < -0.3 is 10.1 Å². The third kappa shape index (κ3) is 4.03. The lowest BCUT2D eigenvalue weighted by atomic mass is 10.2. The molecule has 0 unspecified atom stereocenters.